The third kappa shape index (κ3) is 9.77. The minimum atomic E-state index is 0.0666. The highest BCUT2D eigenvalue weighted by Crippen LogP contribution is 2.29. The number of phenols is 2. The van der Waals surface area contributed by atoms with Gasteiger partial charge in [0.25, 0.3) is 0 Å². The van der Waals surface area contributed by atoms with Crippen molar-refractivity contribution in [2.75, 3.05) is 42.1 Å². The second-order valence-electron chi connectivity index (χ2n) is 10.3. The first-order chi connectivity index (χ1) is 23.0. The number of azo groups is 2. The average molecular weight is 632 g/mol. The fourth-order valence-electron chi connectivity index (χ4n) is 4.41. The van der Waals surface area contributed by atoms with Crippen LogP contribution in [0, 0.1) is 0 Å². The zero-order valence-electron chi connectivity index (χ0n) is 26.2. The van der Waals surface area contributed by atoms with Crippen LogP contribution in [0.3, 0.4) is 0 Å². The van der Waals surface area contributed by atoms with Crippen LogP contribution in [0.4, 0.5) is 52.0 Å². The van der Waals surface area contributed by atoms with Crippen LogP contribution in [0.5, 0.6) is 11.5 Å². The van der Waals surface area contributed by atoms with Gasteiger partial charge in [0.15, 0.2) is 0 Å². The monoisotopic (exact) mass is 631 g/mol. The van der Waals surface area contributed by atoms with Gasteiger partial charge in [-0.15, -0.1) is 10.2 Å². The Bertz CT molecular complexity index is 1670. The molecule has 0 amide bonds. The number of phenolic OH excluding ortho intramolecular Hbond substituents is 2. The molecule has 0 bridgehead atoms. The van der Waals surface area contributed by atoms with E-state index in [1.807, 2.05) is 24.3 Å². The predicted octanol–water partition coefficient (Wildman–Crippen LogP) is 8.74. The van der Waals surface area contributed by atoms with E-state index in [4.69, 9.17) is 0 Å². The number of hydrogen-bond acceptors (Lipinski definition) is 13. The van der Waals surface area contributed by atoms with Gasteiger partial charge >= 0.3 is 0 Å². The average Bonchev–Trinajstić information content (AvgIpc) is 3.09. The summed E-state index contributed by atoms with van der Waals surface area (Å²) in [5, 5.41) is 46.3. The van der Waals surface area contributed by atoms with Crippen molar-refractivity contribution in [2.45, 2.75) is 20.3 Å². The van der Waals surface area contributed by atoms with Crippen LogP contribution in [-0.2, 0) is 0 Å². The number of benzene rings is 4. The molecule has 0 atom stereocenters. The van der Waals surface area contributed by atoms with Crippen LogP contribution in [0.15, 0.2) is 118 Å². The molecule has 5 rings (SSSR count). The molecular weight excluding hydrogens is 594 g/mol. The van der Waals surface area contributed by atoms with Gasteiger partial charge in [-0.25, -0.2) is 0 Å². The van der Waals surface area contributed by atoms with Crippen molar-refractivity contribution in [3.05, 3.63) is 97.1 Å². The highest BCUT2D eigenvalue weighted by molar-refractivity contribution is 5.62. The van der Waals surface area contributed by atoms with Crippen LogP contribution in [0.1, 0.15) is 20.3 Å². The Morgan fingerprint density at radius 3 is 1.47 bits per heavy atom. The summed E-state index contributed by atoms with van der Waals surface area (Å²) in [4.78, 5) is 16.1. The normalized spacial score (nSPS) is 11.4. The minimum Gasteiger partial charge on any atom is -0.506 e. The Hall–Kier alpha value is -5.95. The lowest BCUT2D eigenvalue weighted by atomic mass is 10.3. The number of nitrogens with one attached hydrogen (secondary N) is 3. The van der Waals surface area contributed by atoms with E-state index in [1.165, 1.54) is 0 Å². The molecule has 47 heavy (non-hydrogen) atoms. The summed E-state index contributed by atoms with van der Waals surface area (Å²) in [6.45, 7) is 8.01. The van der Waals surface area contributed by atoms with Gasteiger partial charge in [-0.2, -0.15) is 25.2 Å². The van der Waals surface area contributed by atoms with Crippen molar-refractivity contribution < 1.29 is 10.2 Å². The topological polar surface area (TPSA) is 168 Å². The lowest BCUT2D eigenvalue weighted by Crippen LogP contribution is -2.25. The molecule has 0 radical (unpaired) electrons. The molecule has 5 N–H and O–H groups in total. The second kappa shape index (κ2) is 16.4. The van der Waals surface area contributed by atoms with E-state index in [0.717, 1.165) is 37.4 Å². The van der Waals surface area contributed by atoms with Crippen LogP contribution in [0.2, 0.25) is 0 Å². The first-order valence-corrected chi connectivity index (χ1v) is 15.3. The van der Waals surface area contributed by atoms with Crippen molar-refractivity contribution in [1.82, 2.24) is 19.9 Å². The largest absolute Gasteiger partial charge is 0.506 e. The minimum absolute atomic E-state index is 0.0666. The highest BCUT2D eigenvalue weighted by atomic mass is 16.3. The van der Waals surface area contributed by atoms with Crippen molar-refractivity contribution in [2.24, 2.45) is 20.5 Å². The maximum atomic E-state index is 9.92. The molecule has 0 aliphatic rings. The molecule has 0 fully saturated rings. The van der Waals surface area contributed by atoms with E-state index in [9.17, 15) is 10.2 Å². The fraction of sp³-hybridized carbons (Fsp3) is 0.206. The van der Waals surface area contributed by atoms with Gasteiger partial charge in [-0.05, 0) is 98.9 Å². The molecular formula is C34H37N11O2. The molecule has 13 heteroatoms. The smallest absolute Gasteiger partial charge is 0.233 e. The highest BCUT2D eigenvalue weighted by Gasteiger charge is 2.09. The standard InChI is InChI=1S/C34H37N11O2/c1-3-45(4-2)23-9-22-35-32-38-33(36-24-14-18-26(19-15-24)41-43-28-10-5-7-12-30(28)46)40-34(39-32)37-25-16-20-27(21-17-25)42-44-29-11-6-8-13-31(29)47/h5-8,10-21,46-47H,3-4,9,22-23H2,1-2H3,(H3,35,36,37,38,39,40)/b43-41+,44-42+. The lowest BCUT2D eigenvalue weighted by Gasteiger charge is -2.17. The number of rotatable bonds is 15. The van der Waals surface area contributed by atoms with Crippen LogP contribution in [0.25, 0.3) is 0 Å². The van der Waals surface area contributed by atoms with Crippen LogP contribution in [-0.4, -0.2) is 56.2 Å². The van der Waals surface area contributed by atoms with Crippen molar-refractivity contribution in [3.63, 3.8) is 0 Å². The van der Waals surface area contributed by atoms with Gasteiger partial charge in [0.2, 0.25) is 17.8 Å². The summed E-state index contributed by atoms with van der Waals surface area (Å²) < 4.78 is 0. The molecule has 0 aliphatic heterocycles. The van der Waals surface area contributed by atoms with E-state index in [1.54, 1.807) is 72.8 Å². The lowest BCUT2D eigenvalue weighted by molar-refractivity contribution is 0.303. The Kier molecular flexibility index (Phi) is 11.3. The SMILES string of the molecule is CCN(CC)CCCNc1nc(Nc2ccc(/N=N/c3ccccc3O)cc2)nc(Nc2ccc(/N=N/c3ccccc3O)cc2)n1. The quantitative estimate of drug-likeness (QED) is 0.0560. The zero-order valence-corrected chi connectivity index (χ0v) is 26.2. The molecule has 0 spiro atoms. The number of anilines is 5. The van der Waals surface area contributed by atoms with E-state index >= 15 is 0 Å². The zero-order chi connectivity index (χ0) is 32.8. The Morgan fingerprint density at radius 2 is 1.02 bits per heavy atom. The molecule has 0 saturated carbocycles. The summed E-state index contributed by atoms with van der Waals surface area (Å²) in [6, 6.07) is 28.1. The van der Waals surface area contributed by atoms with E-state index in [0.29, 0.717) is 47.1 Å². The number of aromatic hydroxyl groups is 2. The molecule has 0 unspecified atom stereocenters. The first kappa shape index (κ1) is 32.4. The molecule has 0 aliphatic carbocycles. The van der Waals surface area contributed by atoms with Gasteiger partial charge in [0, 0.05) is 17.9 Å². The van der Waals surface area contributed by atoms with E-state index < -0.39 is 0 Å². The van der Waals surface area contributed by atoms with Gasteiger partial charge in [0.1, 0.15) is 22.9 Å². The molecule has 4 aromatic carbocycles. The van der Waals surface area contributed by atoms with E-state index in [-0.39, 0.29) is 11.5 Å². The summed E-state index contributed by atoms with van der Waals surface area (Å²) in [6.07, 6.45) is 0.937. The maximum Gasteiger partial charge on any atom is 0.233 e. The number of aromatic nitrogens is 3. The third-order valence-electron chi connectivity index (χ3n) is 7.02. The number of nitrogens with zero attached hydrogens (tertiary/aromatic N) is 8. The van der Waals surface area contributed by atoms with Gasteiger partial charge in [-0.1, -0.05) is 38.1 Å². The first-order valence-electron chi connectivity index (χ1n) is 15.3. The second-order valence-corrected chi connectivity index (χ2v) is 10.3. The summed E-state index contributed by atoms with van der Waals surface area (Å²) in [5.41, 5.74) is 3.52. The fourth-order valence-corrected chi connectivity index (χ4v) is 4.41. The van der Waals surface area contributed by atoms with Crippen molar-refractivity contribution in [1.29, 1.82) is 0 Å². The Balaban J connectivity index is 1.29. The number of hydrogen-bond donors (Lipinski definition) is 5. The van der Waals surface area contributed by atoms with Crippen LogP contribution < -0.4 is 16.0 Å². The van der Waals surface area contributed by atoms with Crippen LogP contribution >= 0.6 is 0 Å². The molecule has 1 aromatic heterocycles. The predicted molar refractivity (Wildman–Crippen MR) is 185 cm³/mol. The van der Waals surface area contributed by atoms with Gasteiger partial charge < -0.3 is 31.1 Å². The van der Waals surface area contributed by atoms with Crippen molar-refractivity contribution in [3.8, 4) is 11.5 Å². The maximum absolute atomic E-state index is 9.92. The molecule has 240 valence electrons. The molecule has 5 aromatic rings. The van der Waals surface area contributed by atoms with Gasteiger partial charge in [-0.3, -0.25) is 0 Å². The molecule has 13 nitrogen and oxygen atoms in total. The summed E-state index contributed by atoms with van der Waals surface area (Å²) >= 11 is 0. The van der Waals surface area contributed by atoms with Crippen molar-refractivity contribution >= 4 is 52.0 Å². The number of para-hydroxylation sites is 2. The van der Waals surface area contributed by atoms with E-state index in [2.05, 4.69) is 70.1 Å². The summed E-state index contributed by atoms with van der Waals surface area (Å²) in [5.74, 6) is 1.27. The summed E-state index contributed by atoms with van der Waals surface area (Å²) in [7, 11) is 0. The molecule has 0 saturated heterocycles. The third-order valence-corrected chi connectivity index (χ3v) is 7.02. The Morgan fingerprint density at radius 1 is 0.574 bits per heavy atom. The molecule has 1 heterocycles. The van der Waals surface area contributed by atoms with Gasteiger partial charge in [0.05, 0.1) is 11.4 Å². The Labute approximate surface area is 273 Å².